The summed E-state index contributed by atoms with van der Waals surface area (Å²) in [4.78, 5) is 11.2. The Labute approximate surface area is 73.6 Å². The fourth-order valence-corrected chi connectivity index (χ4v) is 1.39. The third-order valence-electron chi connectivity index (χ3n) is 2.04. The van der Waals surface area contributed by atoms with Crippen molar-refractivity contribution >= 4 is 5.97 Å². The zero-order valence-electron chi connectivity index (χ0n) is 8.18. The minimum absolute atomic E-state index is 0.00231. The number of allylic oxidation sites excluding steroid dienone is 1. The standard InChI is InChI=1S/C10H16O2/c1-7(2)5-8-6-10(3,4)9(11)12-8/h5,8H,6H2,1-4H3/t8-/m1/s1. The van der Waals surface area contributed by atoms with Crippen molar-refractivity contribution in [2.45, 2.75) is 40.2 Å². The van der Waals surface area contributed by atoms with Crippen molar-refractivity contribution < 1.29 is 9.53 Å². The summed E-state index contributed by atoms with van der Waals surface area (Å²) in [5.74, 6) is -0.0787. The summed E-state index contributed by atoms with van der Waals surface area (Å²) in [6.07, 6.45) is 2.81. The van der Waals surface area contributed by atoms with Crippen LogP contribution in [0.2, 0.25) is 0 Å². The molecule has 12 heavy (non-hydrogen) atoms. The molecule has 1 heterocycles. The lowest BCUT2D eigenvalue weighted by Crippen LogP contribution is -2.16. The van der Waals surface area contributed by atoms with E-state index in [0.717, 1.165) is 6.42 Å². The van der Waals surface area contributed by atoms with E-state index in [-0.39, 0.29) is 17.5 Å². The summed E-state index contributed by atoms with van der Waals surface area (Å²) >= 11 is 0. The largest absolute Gasteiger partial charge is 0.458 e. The molecule has 0 unspecified atom stereocenters. The summed E-state index contributed by atoms with van der Waals surface area (Å²) in [5, 5.41) is 0. The molecule has 0 aromatic rings. The van der Waals surface area contributed by atoms with E-state index in [9.17, 15) is 4.79 Å². The van der Waals surface area contributed by atoms with E-state index in [0.29, 0.717) is 0 Å². The third kappa shape index (κ3) is 1.87. The lowest BCUT2D eigenvalue weighted by molar-refractivity contribution is -0.146. The van der Waals surface area contributed by atoms with Gasteiger partial charge in [0.05, 0.1) is 5.41 Å². The second kappa shape index (κ2) is 2.92. The SMILES string of the molecule is CC(C)=C[C@@H]1CC(C)(C)C(=O)O1. The number of ether oxygens (including phenoxy) is 1. The highest BCUT2D eigenvalue weighted by Crippen LogP contribution is 2.33. The van der Waals surface area contributed by atoms with Crippen LogP contribution in [0.5, 0.6) is 0 Å². The van der Waals surface area contributed by atoms with E-state index >= 15 is 0 Å². The van der Waals surface area contributed by atoms with Crippen LogP contribution in [0.4, 0.5) is 0 Å². The van der Waals surface area contributed by atoms with Crippen LogP contribution in [0.3, 0.4) is 0 Å². The van der Waals surface area contributed by atoms with E-state index in [2.05, 4.69) is 0 Å². The second-order valence-corrected chi connectivity index (χ2v) is 4.28. The molecule has 0 aromatic heterocycles. The summed E-state index contributed by atoms with van der Waals surface area (Å²) < 4.78 is 5.17. The Hall–Kier alpha value is -0.790. The van der Waals surface area contributed by atoms with Crippen molar-refractivity contribution in [1.82, 2.24) is 0 Å². The molecule has 0 spiro atoms. The Kier molecular flexibility index (Phi) is 2.27. The number of hydrogen-bond acceptors (Lipinski definition) is 2. The molecule has 1 saturated heterocycles. The molecule has 0 bridgehead atoms. The lowest BCUT2D eigenvalue weighted by Gasteiger charge is -2.08. The first-order valence-corrected chi connectivity index (χ1v) is 4.28. The van der Waals surface area contributed by atoms with Gasteiger partial charge in [-0.3, -0.25) is 4.79 Å². The zero-order chi connectivity index (χ0) is 9.35. The molecule has 1 aliphatic rings. The van der Waals surface area contributed by atoms with Crippen LogP contribution < -0.4 is 0 Å². The first kappa shape index (κ1) is 9.30. The molecular weight excluding hydrogens is 152 g/mol. The maximum atomic E-state index is 11.2. The van der Waals surface area contributed by atoms with Crippen LogP contribution in [-0.4, -0.2) is 12.1 Å². The Bertz CT molecular complexity index is 222. The van der Waals surface area contributed by atoms with Gasteiger partial charge in [0.15, 0.2) is 0 Å². The molecule has 0 aromatic carbocycles. The highest BCUT2D eigenvalue weighted by atomic mass is 16.6. The van der Waals surface area contributed by atoms with E-state index in [1.807, 2.05) is 33.8 Å². The lowest BCUT2D eigenvalue weighted by atomic mass is 9.89. The van der Waals surface area contributed by atoms with Crippen molar-refractivity contribution in [3.05, 3.63) is 11.6 Å². The normalized spacial score (nSPS) is 26.7. The Morgan fingerprint density at radius 1 is 1.58 bits per heavy atom. The number of carbonyl (C=O) groups is 1. The molecule has 68 valence electrons. The molecule has 1 aliphatic heterocycles. The van der Waals surface area contributed by atoms with Gasteiger partial charge in [0.2, 0.25) is 0 Å². The topological polar surface area (TPSA) is 26.3 Å². The van der Waals surface area contributed by atoms with E-state index in [4.69, 9.17) is 4.74 Å². The molecule has 1 fully saturated rings. The molecule has 1 atom stereocenters. The van der Waals surface area contributed by atoms with Crippen LogP contribution in [0.15, 0.2) is 11.6 Å². The average molecular weight is 168 g/mol. The number of hydrogen-bond donors (Lipinski definition) is 0. The number of cyclic esters (lactones) is 1. The predicted octanol–water partition coefficient (Wildman–Crippen LogP) is 2.29. The van der Waals surface area contributed by atoms with Gasteiger partial charge in [-0.05, 0) is 33.8 Å². The highest BCUT2D eigenvalue weighted by Gasteiger charge is 2.40. The van der Waals surface area contributed by atoms with Crippen LogP contribution in [-0.2, 0) is 9.53 Å². The maximum absolute atomic E-state index is 11.2. The minimum Gasteiger partial charge on any atom is -0.458 e. The molecule has 0 radical (unpaired) electrons. The number of carbonyl (C=O) groups excluding carboxylic acids is 1. The zero-order valence-corrected chi connectivity index (χ0v) is 8.18. The van der Waals surface area contributed by atoms with Crippen molar-refractivity contribution in [1.29, 1.82) is 0 Å². The monoisotopic (exact) mass is 168 g/mol. The summed E-state index contributed by atoms with van der Waals surface area (Å²) in [7, 11) is 0. The van der Waals surface area contributed by atoms with Crippen molar-refractivity contribution in [3.63, 3.8) is 0 Å². The van der Waals surface area contributed by atoms with Gasteiger partial charge in [-0.15, -0.1) is 0 Å². The molecule has 2 heteroatoms. The van der Waals surface area contributed by atoms with Gasteiger partial charge in [-0.1, -0.05) is 5.57 Å². The minimum atomic E-state index is -0.295. The molecule has 2 nitrogen and oxygen atoms in total. The Morgan fingerprint density at radius 3 is 2.50 bits per heavy atom. The summed E-state index contributed by atoms with van der Waals surface area (Å²) in [5.41, 5.74) is 0.905. The summed E-state index contributed by atoms with van der Waals surface area (Å²) in [6, 6.07) is 0. The van der Waals surface area contributed by atoms with Crippen LogP contribution in [0.25, 0.3) is 0 Å². The van der Waals surface area contributed by atoms with Gasteiger partial charge in [-0.2, -0.15) is 0 Å². The van der Waals surface area contributed by atoms with Crippen molar-refractivity contribution in [3.8, 4) is 0 Å². The fraction of sp³-hybridized carbons (Fsp3) is 0.700. The van der Waals surface area contributed by atoms with Gasteiger partial charge < -0.3 is 4.74 Å². The van der Waals surface area contributed by atoms with E-state index < -0.39 is 0 Å². The summed E-state index contributed by atoms with van der Waals surface area (Å²) in [6.45, 7) is 7.88. The predicted molar refractivity (Wildman–Crippen MR) is 47.7 cm³/mol. The Balaban J connectivity index is 2.68. The first-order chi connectivity index (χ1) is 5.42. The smallest absolute Gasteiger partial charge is 0.312 e. The first-order valence-electron chi connectivity index (χ1n) is 4.28. The molecular formula is C10H16O2. The quantitative estimate of drug-likeness (QED) is 0.443. The van der Waals surface area contributed by atoms with Gasteiger partial charge in [0, 0.05) is 6.42 Å². The van der Waals surface area contributed by atoms with E-state index in [1.54, 1.807) is 0 Å². The Morgan fingerprint density at radius 2 is 2.17 bits per heavy atom. The van der Waals surface area contributed by atoms with Crippen LogP contribution >= 0.6 is 0 Å². The van der Waals surface area contributed by atoms with Crippen LogP contribution in [0.1, 0.15) is 34.1 Å². The third-order valence-corrected chi connectivity index (χ3v) is 2.04. The molecule has 0 amide bonds. The van der Waals surface area contributed by atoms with Gasteiger partial charge in [-0.25, -0.2) is 0 Å². The second-order valence-electron chi connectivity index (χ2n) is 4.28. The van der Waals surface area contributed by atoms with Gasteiger partial charge in [0.1, 0.15) is 6.10 Å². The molecule has 0 saturated carbocycles. The fourth-order valence-electron chi connectivity index (χ4n) is 1.39. The van der Waals surface area contributed by atoms with Gasteiger partial charge >= 0.3 is 5.97 Å². The molecule has 0 aliphatic carbocycles. The maximum Gasteiger partial charge on any atom is 0.312 e. The van der Waals surface area contributed by atoms with Gasteiger partial charge in [0.25, 0.3) is 0 Å². The van der Waals surface area contributed by atoms with Crippen molar-refractivity contribution in [2.75, 3.05) is 0 Å². The number of esters is 1. The average Bonchev–Trinajstić information content (AvgIpc) is 2.04. The highest BCUT2D eigenvalue weighted by molar-refractivity contribution is 5.78. The molecule has 0 N–H and O–H groups in total. The van der Waals surface area contributed by atoms with Crippen LogP contribution in [0, 0.1) is 5.41 Å². The number of rotatable bonds is 1. The molecule has 1 rings (SSSR count). The van der Waals surface area contributed by atoms with Crippen molar-refractivity contribution in [2.24, 2.45) is 5.41 Å². The van der Waals surface area contributed by atoms with E-state index in [1.165, 1.54) is 5.57 Å².